The molecule has 0 heterocycles. The van der Waals surface area contributed by atoms with Crippen LogP contribution >= 0.6 is 11.8 Å². The molecule has 15 heavy (non-hydrogen) atoms. The molecule has 3 heteroatoms. The highest BCUT2D eigenvalue weighted by atomic mass is 32.2. The highest BCUT2D eigenvalue weighted by Crippen LogP contribution is 2.06. The molecule has 2 nitrogen and oxygen atoms in total. The summed E-state index contributed by atoms with van der Waals surface area (Å²) in [6.45, 7) is 2.69. The van der Waals surface area contributed by atoms with E-state index in [4.69, 9.17) is 5.73 Å². The van der Waals surface area contributed by atoms with E-state index in [1.807, 2.05) is 31.2 Å². The van der Waals surface area contributed by atoms with Crippen molar-refractivity contribution >= 4 is 17.5 Å². The second kappa shape index (κ2) is 6.64. The Morgan fingerprint density at radius 3 is 2.60 bits per heavy atom. The Morgan fingerprint density at radius 2 is 2.00 bits per heavy atom. The van der Waals surface area contributed by atoms with Gasteiger partial charge in [0.2, 0.25) is 0 Å². The summed E-state index contributed by atoms with van der Waals surface area (Å²) in [5.74, 6) is 1.71. The van der Waals surface area contributed by atoms with E-state index in [2.05, 4.69) is 0 Å². The molecule has 82 valence electrons. The van der Waals surface area contributed by atoms with Gasteiger partial charge in [0.15, 0.2) is 0 Å². The summed E-state index contributed by atoms with van der Waals surface area (Å²) in [5.41, 5.74) is 7.67. The molecule has 1 rings (SSSR count). The van der Waals surface area contributed by atoms with E-state index >= 15 is 0 Å². The Kier molecular flexibility index (Phi) is 5.43. The summed E-state index contributed by atoms with van der Waals surface area (Å²) >= 11 is 1.61. The van der Waals surface area contributed by atoms with Crippen LogP contribution in [0.25, 0.3) is 0 Å². The van der Waals surface area contributed by atoms with Crippen molar-refractivity contribution in [3.63, 3.8) is 0 Å². The minimum atomic E-state index is 0.275. The van der Waals surface area contributed by atoms with Crippen molar-refractivity contribution in [1.29, 1.82) is 0 Å². The fourth-order valence-electron chi connectivity index (χ4n) is 1.25. The Balaban J connectivity index is 2.34. The van der Waals surface area contributed by atoms with Crippen molar-refractivity contribution in [2.24, 2.45) is 5.73 Å². The molecule has 0 amide bonds. The molecular formula is C12H17NOS. The smallest absolute Gasteiger partial charge is 0.147 e. The van der Waals surface area contributed by atoms with Crippen LogP contribution in [0.4, 0.5) is 0 Å². The molecule has 2 N–H and O–H groups in total. The maximum absolute atomic E-state index is 11.5. The van der Waals surface area contributed by atoms with Gasteiger partial charge < -0.3 is 5.73 Å². The first kappa shape index (κ1) is 12.3. The first-order chi connectivity index (χ1) is 7.22. The van der Waals surface area contributed by atoms with Crippen molar-refractivity contribution < 1.29 is 4.79 Å². The number of carbonyl (C=O) groups is 1. The molecular weight excluding hydrogens is 206 g/mol. The van der Waals surface area contributed by atoms with E-state index in [0.717, 1.165) is 11.3 Å². The molecule has 0 saturated heterocycles. The average molecular weight is 223 g/mol. The number of Topliss-reactive ketones (excluding diaryl/α,β-unsaturated/α-hetero) is 1. The monoisotopic (exact) mass is 223 g/mol. The molecule has 0 fully saturated rings. The zero-order chi connectivity index (χ0) is 11.1. The van der Waals surface area contributed by atoms with Crippen LogP contribution in [0.1, 0.15) is 11.1 Å². The van der Waals surface area contributed by atoms with Crippen LogP contribution in [0.3, 0.4) is 0 Å². The molecule has 0 aliphatic carbocycles. The Bertz CT molecular complexity index is 308. The first-order valence-corrected chi connectivity index (χ1v) is 6.23. The lowest BCUT2D eigenvalue weighted by Crippen LogP contribution is -2.09. The summed E-state index contributed by atoms with van der Waals surface area (Å²) in [4.78, 5) is 11.5. The van der Waals surface area contributed by atoms with Gasteiger partial charge in [-0.25, -0.2) is 0 Å². The zero-order valence-electron chi connectivity index (χ0n) is 9.03. The number of aryl methyl sites for hydroxylation is 1. The Hall–Kier alpha value is -0.800. The molecule has 0 bridgehead atoms. The van der Waals surface area contributed by atoms with E-state index < -0.39 is 0 Å². The lowest BCUT2D eigenvalue weighted by atomic mass is 10.1. The summed E-state index contributed by atoms with van der Waals surface area (Å²) in [6.07, 6.45) is 0.540. The summed E-state index contributed by atoms with van der Waals surface area (Å²) in [6, 6.07) is 8.10. The average Bonchev–Trinajstić information content (AvgIpc) is 2.22. The molecule has 1 aromatic carbocycles. The second-order valence-electron chi connectivity index (χ2n) is 3.54. The van der Waals surface area contributed by atoms with Crippen LogP contribution in [-0.4, -0.2) is 23.8 Å². The maximum Gasteiger partial charge on any atom is 0.147 e. The molecule has 0 unspecified atom stereocenters. The van der Waals surface area contributed by atoms with Gasteiger partial charge in [0, 0.05) is 18.7 Å². The molecule has 0 aromatic heterocycles. The van der Waals surface area contributed by atoms with Crippen molar-refractivity contribution in [2.45, 2.75) is 13.3 Å². The van der Waals surface area contributed by atoms with E-state index in [9.17, 15) is 4.79 Å². The lowest BCUT2D eigenvalue weighted by molar-refractivity contribution is -0.116. The maximum atomic E-state index is 11.5. The molecule has 1 aromatic rings. The number of carbonyl (C=O) groups excluding carboxylic acids is 1. The highest BCUT2D eigenvalue weighted by Gasteiger charge is 2.03. The van der Waals surface area contributed by atoms with Crippen molar-refractivity contribution in [1.82, 2.24) is 0 Å². The standard InChI is InChI=1S/C12H17NOS/c1-10-2-4-11(5-3-10)8-12(14)9-15-7-6-13/h2-5H,6-9,13H2,1H3. The fourth-order valence-corrected chi connectivity index (χ4v) is 1.89. The first-order valence-electron chi connectivity index (χ1n) is 5.07. The van der Waals surface area contributed by atoms with Crippen LogP contribution in [0, 0.1) is 6.92 Å². The van der Waals surface area contributed by atoms with E-state index in [1.54, 1.807) is 11.8 Å². The molecule has 0 aliphatic rings. The summed E-state index contributed by atoms with van der Waals surface area (Å²) in [5, 5.41) is 0. The lowest BCUT2D eigenvalue weighted by Gasteiger charge is -2.01. The minimum absolute atomic E-state index is 0.275. The van der Waals surface area contributed by atoms with E-state index in [0.29, 0.717) is 18.7 Å². The van der Waals surface area contributed by atoms with Crippen LogP contribution < -0.4 is 5.73 Å². The van der Waals surface area contributed by atoms with Crippen LogP contribution in [0.15, 0.2) is 24.3 Å². The number of thioether (sulfide) groups is 1. The number of nitrogens with two attached hydrogens (primary N) is 1. The number of rotatable bonds is 6. The third kappa shape index (κ3) is 5.00. The summed E-state index contributed by atoms with van der Waals surface area (Å²) < 4.78 is 0. The quantitative estimate of drug-likeness (QED) is 0.748. The van der Waals surface area contributed by atoms with E-state index in [-0.39, 0.29) is 5.78 Å². The van der Waals surface area contributed by atoms with Gasteiger partial charge in [-0.05, 0) is 12.5 Å². The SMILES string of the molecule is Cc1ccc(CC(=O)CSCCN)cc1. The summed E-state index contributed by atoms with van der Waals surface area (Å²) in [7, 11) is 0. The second-order valence-corrected chi connectivity index (χ2v) is 4.65. The highest BCUT2D eigenvalue weighted by molar-refractivity contribution is 7.99. The number of hydrogen-bond acceptors (Lipinski definition) is 3. The predicted octanol–water partition coefficient (Wildman–Crippen LogP) is 1.80. The fraction of sp³-hybridized carbons (Fsp3) is 0.417. The van der Waals surface area contributed by atoms with Gasteiger partial charge in [-0.1, -0.05) is 29.8 Å². The van der Waals surface area contributed by atoms with Gasteiger partial charge >= 0.3 is 0 Å². The van der Waals surface area contributed by atoms with Crippen molar-refractivity contribution in [2.75, 3.05) is 18.1 Å². The molecule has 0 saturated carbocycles. The van der Waals surface area contributed by atoms with Gasteiger partial charge in [0.1, 0.15) is 5.78 Å². The van der Waals surface area contributed by atoms with Crippen LogP contribution in [0.5, 0.6) is 0 Å². The van der Waals surface area contributed by atoms with Crippen LogP contribution in [-0.2, 0) is 11.2 Å². The predicted molar refractivity (Wildman–Crippen MR) is 66.3 cm³/mol. The normalized spacial score (nSPS) is 10.3. The Labute approximate surface area is 95.2 Å². The largest absolute Gasteiger partial charge is 0.330 e. The van der Waals surface area contributed by atoms with Gasteiger partial charge in [-0.2, -0.15) is 11.8 Å². The number of ketones is 1. The van der Waals surface area contributed by atoms with Gasteiger partial charge in [-0.3, -0.25) is 4.79 Å². The topological polar surface area (TPSA) is 43.1 Å². The third-order valence-electron chi connectivity index (χ3n) is 2.05. The zero-order valence-corrected chi connectivity index (χ0v) is 9.85. The Morgan fingerprint density at radius 1 is 1.33 bits per heavy atom. The third-order valence-corrected chi connectivity index (χ3v) is 3.10. The molecule has 0 radical (unpaired) electrons. The number of hydrogen-bond donors (Lipinski definition) is 1. The molecule has 0 aliphatic heterocycles. The van der Waals surface area contributed by atoms with Gasteiger partial charge in [0.25, 0.3) is 0 Å². The van der Waals surface area contributed by atoms with Crippen molar-refractivity contribution in [3.8, 4) is 0 Å². The van der Waals surface area contributed by atoms with E-state index in [1.165, 1.54) is 5.56 Å². The van der Waals surface area contributed by atoms with Gasteiger partial charge in [0.05, 0.1) is 5.75 Å². The molecule has 0 atom stereocenters. The minimum Gasteiger partial charge on any atom is -0.330 e. The van der Waals surface area contributed by atoms with Crippen molar-refractivity contribution in [3.05, 3.63) is 35.4 Å². The van der Waals surface area contributed by atoms with Crippen LogP contribution in [0.2, 0.25) is 0 Å². The number of benzene rings is 1. The van der Waals surface area contributed by atoms with Gasteiger partial charge in [-0.15, -0.1) is 0 Å². The molecule has 0 spiro atoms.